The molecule has 0 saturated carbocycles. The Kier molecular flexibility index (Phi) is 4.94. The van der Waals surface area contributed by atoms with E-state index in [0.29, 0.717) is 6.54 Å². The summed E-state index contributed by atoms with van der Waals surface area (Å²) in [6, 6.07) is 16.0. The Balaban J connectivity index is 1.66. The Bertz CT molecular complexity index is 823. The number of imidazole rings is 1. The van der Waals surface area contributed by atoms with Crippen molar-refractivity contribution in [2.45, 2.75) is 39.3 Å². The number of nitrogens with zero attached hydrogens (tertiary/aromatic N) is 2. The summed E-state index contributed by atoms with van der Waals surface area (Å²) in [7, 11) is 0. The monoisotopic (exact) mass is 321 g/mol. The highest BCUT2D eigenvalue weighted by molar-refractivity contribution is 5.83. The molecule has 0 spiro atoms. The summed E-state index contributed by atoms with van der Waals surface area (Å²) in [6.07, 6.45) is 2.97. The van der Waals surface area contributed by atoms with E-state index in [9.17, 15) is 4.79 Å². The van der Waals surface area contributed by atoms with Crippen molar-refractivity contribution in [3.05, 3.63) is 66.0 Å². The summed E-state index contributed by atoms with van der Waals surface area (Å²) in [5.74, 6) is -0.114. The smallest absolute Gasteiger partial charge is 0.227 e. The summed E-state index contributed by atoms with van der Waals surface area (Å²) in [4.78, 5) is 16.8. The van der Waals surface area contributed by atoms with Crippen LogP contribution in [0.3, 0.4) is 0 Å². The lowest BCUT2D eigenvalue weighted by molar-refractivity contribution is -0.122. The highest BCUT2D eigenvalue weighted by atomic mass is 16.1. The largest absolute Gasteiger partial charge is 0.352 e. The Hall–Kier alpha value is -2.62. The second-order valence-electron chi connectivity index (χ2n) is 6.11. The second kappa shape index (κ2) is 7.30. The van der Waals surface area contributed by atoms with Gasteiger partial charge in [-0.15, -0.1) is 0 Å². The maximum atomic E-state index is 12.3. The highest BCUT2D eigenvalue weighted by Crippen LogP contribution is 2.17. The van der Waals surface area contributed by atoms with Crippen molar-refractivity contribution in [3.63, 3.8) is 0 Å². The first-order chi connectivity index (χ1) is 11.7. The molecule has 3 rings (SSSR count). The number of hydrogen-bond acceptors (Lipinski definition) is 2. The maximum absolute atomic E-state index is 12.3. The average Bonchev–Trinajstić information content (AvgIpc) is 3.02. The normalized spacial score (nSPS) is 12.2. The number of rotatable bonds is 6. The van der Waals surface area contributed by atoms with Gasteiger partial charge in [0.15, 0.2) is 0 Å². The van der Waals surface area contributed by atoms with Gasteiger partial charge in [-0.3, -0.25) is 4.79 Å². The number of hydrogen-bond donors (Lipinski definition) is 1. The topological polar surface area (TPSA) is 46.9 Å². The predicted molar refractivity (Wildman–Crippen MR) is 96.7 cm³/mol. The fraction of sp³-hybridized carbons (Fsp3) is 0.300. The van der Waals surface area contributed by atoms with Crippen molar-refractivity contribution in [3.8, 4) is 0 Å². The molecule has 0 fully saturated rings. The van der Waals surface area contributed by atoms with E-state index in [2.05, 4.69) is 40.0 Å². The third-order valence-electron chi connectivity index (χ3n) is 4.31. The van der Waals surface area contributed by atoms with Gasteiger partial charge in [-0.05, 0) is 36.6 Å². The van der Waals surface area contributed by atoms with Crippen LogP contribution in [0.5, 0.6) is 0 Å². The Morgan fingerprint density at radius 1 is 1.21 bits per heavy atom. The Morgan fingerprint density at radius 2 is 2.00 bits per heavy atom. The van der Waals surface area contributed by atoms with Crippen molar-refractivity contribution in [2.24, 2.45) is 0 Å². The van der Waals surface area contributed by atoms with Crippen LogP contribution in [-0.2, 0) is 17.9 Å². The molecule has 24 heavy (non-hydrogen) atoms. The summed E-state index contributed by atoms with van der Waals surface area (Å²) in [6.45, 7) is 5.58. The number of aryl methyl sites for hydroxylation is 1. The molecule has 0 saturated heterocycles. The van der Waals surface area contributed by atoms with Gasteiger partial charge in [0.05, 0.1) is 23.3 Å². The Labute approximate surface area is 142 Å². The molecule has 4 nitrogen and oxygen atoms in total. The molecule has 1 atom stereocenters. The molecule has 2 aromatic carbocycles. The van der Waals surface area contributed by atoms with Gasteiger partial charge in [0.1, 0.15) is 0 Å². The van der Waals surface area contributed by atoms with Crippen LogP contribution < -0.4 is 5.32 Å². The molecule has 0 radical (unpaired) electrons. The first-order valence-electron chi connectivity index (χ1n) is 8.45. The van der Waals surface area contributed by atoms with Gasteiger partial charge in [0.2, 0.25) is 5.91 Å². The van der Waals surface area contributed by atoms with Crippen LogP contribution in [0.2, 0.25) is 0 Å². The molecule has 1 aromatic heterocycles. The number of benzene rings is 2. The zero-order valence-electron chi connectivity index (χ0n) is 14.2. The lowest BCUT2D eigenvalue weighted by Gasteiger charge is -2.12. The minimum atomic E-state index is -0.154. The second-order valence-corrected chi connectivity index (χ2v) is 6.11. The van der Waals surface area contributed by atoms with E-state index >= 15 is 0 Å². The zero-order chi connectivity index (χ0) is 16.9. The molecule has 0 bridgehead atoms. The quantitative estimate of drug-likeness (QED) is 0.749. The van der Waals surface area contributed by atoms with Gasteiger partial charge < -0.3 is 9.88 Å². The van der Waals surface area contributed by atoms with Crippen LogP contribution in [0.1, 0.15) is 37.3 Å². The van der Waals surface area contributed by atoms with E-state index in [1.54, 1.807) is 0 Å². The van der Waals surface area contributed by atoms with Gasteiger partial charge in [0.25, 0.3) is 0 Å². The molecular weight excluding hydrogens is 298 g/mol. The van der Waals surface area contributed by atoms with Gasteiger partial charge in [-0.2, -0.15) is 0 Å². The van der Waals surface area contributed by atoms with Crippen molar-refractivity contribution in [1.29, 1.82) is 0 Å². The van der Waals surface area contributed by atoms with Crippen LogP contribution >= 0.6 is 0 Å². The molecule has 0 aliphatic heterocycles. The number of fused-ring (bicyclic) bond motifs is 1. The lowest BCUT2D eigenvalue weighted by atomic mass is 10.0. The molecule has 1 unspecified atom stereocenters. The third kappa shape index (κ3) is 3.48. The van der Waals surface area contributed by atoms with E-state index < -0.39 is 0 Å². The molecule has 1 N–H and O–H groups in total. The standard InChI is InChI=1S/C20H23N3O/c1-3-11-23-14-22-18-12-16(9-10-19(18)23)13-21-20(24)15(2)17-7-5-4-6-8-17/h4-10,12,14-15H,3,11,13H2,1-2H3,(H,21,24). The molecule has 1 heterocycles. The fourth-order valence-corrected chi connectivity index (χ4v) is 2.87. The minimum absolute atomic E-state index is 0.0396. The van der Waals surface area contributed by atoms with Crippen LogP contribution in [0.25, 0.3) is 11.0 Å². The van der Waals surface area contributed by atoms with Gasteiger partial charge in [-0.1, -0.05) is 43.3 Å². The summed E-state index contributed by atoms with van der Waals surface area (Å²) < 4.78 is 2.16. The van der Waals surface area contributed by atoms with Crippen molar-refractivity contribution >= 4 is 16.9 Å². The molecule has 1 amide bonds. The highest BCUT2D eigenvalue weighted by Gasteiger charge is 2.14. The van der Waals surface area contributed by atoms with Crippen molar-refractivity contribution in [1.82, 2.24) is 14.9 Å². The number of aromatic nitrogens is 2. The van der Waals surface area contributed by atoms with Crippen molar-refractivity contribution in [2.75, 3.05) is 0 Å². The molecule has 0 aliphatic rings. The van der Waals surface area contributed by atoms with E-state index in [1.807, 2.05) is 43.6 Å². The summed E-state index contributed by atoms with van der Waals surface area (Å²) in [5.41, 5.74) is 4.22. The van der Waals surface area contributed by atoms with Crippen LogP contribution in [-0.4, -0.2) is 15.5 Å². The number of nitrogens with one attached hydrogen (secondary N) is 1. The van der Waals surface area contributed by atoms with Crippen LogP contribution in [0.15, 0.2) is 54.9 Å². The number of carbonyl (C=O) groups is 1. The molecule has 4 heteroatoms. The number of amides is 1. The van der Waals surface area contributed by atoms with Crippen molar-refractivity contribution < 1.29 is 4.79 Å². The fourth-order valence-electron chi connectivity index (χ4n) is 2.87. The lowest BCUT2D eigenvalue weighted by Crippen LogP contribution is -2.27. The van der Waals surface area contributed by atoms with E-state index in [0.717, 1.165) is 35.1 Å². The molecular formula is C20H23N3O. The zero-order valence-corrected chi connectivity index (χ0v) is 14.2. The van der Waals surface area contributed by atoms with E-state index in [-0.39, 0.29) is 11.8 Å². The maximum Gasteiger partial charge on any atom is 0.227 e. The third-order valence-corrected chi connectivity index (χ3v) is 4.31. The minimum Gasteiger partial charge on any atom is -0.352 e. The summed E-state index contributed by atoms with van der Waals surface area (Å²) >= 11 is 0. The average molecular weight is 321 g/mol. The van der Waals surface area contributed by atoms with Gasteiger partial charge >= 0.3 is 0 Å². The van der Waals surface area contributed by atoms with Gasteiger partial charge in [-0.25, -0.2) is 4.98 Å². The molecule has 3 aromatic rings. The molecule has 0 aliphatic carbocycles. The summed E-state index contributed by atoms with van der Waals surface area (Å²) in [5, 5.41) is 3.02. The molecule has 124 valence electrons. The van der Waals surface area contributed by atoms with Crippen LogP contribution in [0.4, 0.5) is 0 Å². The first-order valence-corrected chi connectivity index (χ1v) is 8.45. The number of carbonyl (C=O) groups excluding carboxylic acids is 1. The predicted octanol–water partition coefficient (Wildman–Crippen LogP) is 3.87. The van der Waals surface area contributed by atoms with Crippen LogP contribution in [0, 0.1) is 0 Å². The Morgan fingerprint density at radius 3 is 2.75 bits per heavy atom. The van der Waals surface area contributed by atoms with E-state index in [4.69, 9.17) is 0 Å². The first kappa shape index (κ1) is 16.2. The SMILES string of the molecule is CCCn1cnc2cc(CNC(=O)C(C)c3ccccc3)ccc21. The van der Waals surface area contributed by atoms with Gasteiger partial charge in [0, 0.05) is 13.1 Å². The van der Waals surface area contributed by atoms with E-state index in [1.165, 1.54) is 0 Å².